The van der Waals surface area contributed by atoms with E-state index in [4.69, 9.17) is 0 Å². The van der Waals surface area contributed by atoms with E-state index in [-0.39, 0.29) is 18.0 Å². The molecule has 2 fully saturated rings. The van der Waals surface area contributed by atoms with Crippen LogP contribution in [0, 0.1) is 12.3 Å². The Hall–Kier alpha value is -5.00. The van der Waals surface area contributed by atoms with Gasteiger partial charge < -0.3 is 10.0 Å². The molecule has 0 saturated carbocycles. The van der Waals surface area contributed by atoms with Crippen LogP contribution in [0.25, 0.3) is 5.69 Å². The first-order chi connectivity index (χ1) is 19.6. The van der Waals surface area contributed by atoms with Crippen LogP contribution < -0.4 is 16.1 Å². The minimum absolute atomic E-state index is 0.0937. The topological polar surface area (TPSA) is 148 Å². The van der Waals surface area contributed by atoms with Gasteiger partial charge in [0.25, 0.3) is 5.56 Å². The number of carbonyl (C=O) groups excluding carboxylic acids is 3. The Balaban J connectivity index is 1.41. The van der Waals surface area contributed by atoms with Crippen LogP contribution in [0.3, 0.4) is 0 Å². The molecule has 3 aliphatic rings. The second-order valence-electron chi connectivity index (χ2n) is 10.7. The number of hydrogen-bond donors (Lipinski definition) is 2. The molecule has 0 radical (unpaired) electrons. The minimum atomic E-state index is -1.44. The number of anilines is 1. The summed E-state index contributed by atoms with van der Waals surface area (Å²) in [5.74, 6) is -1.59. The highest BCUT2D eigenvalue weighted by Crippen LogP contribution is 2.49. The van der Waals surface area contributed by atoms with E-state index >= 15 is 0 Å². The Morgan fingerprint density at radius 3 is 2.41 bits per heavy atom. The molecule has 3 aromatic rings. The van der Waals surface area contributed by atoms with Gasteiger partial charge in [-0.2, -0.15) is 0 Å². The molecule has 0 aliphatic carbocycles. The number of amides is 4. The van der Waals surface area contributed by atoms with Crippen molar-refractivity contribution in [3.05, 3.63) is 80.0 Å². The van der Waals surface area contributed by atoms with Crippen LogP contribution in [0.2, 0.25) is 0 Å². The lowest BCUT2D eigenvalue weighted by Gasteiger charge is -2.50. The van der Waals surface area contributed by atoms with E-state index in [9.17, 15) is 29.1 Å². The third kappa shape index (κ3) is 3.74. The van der Waals surface area contributed by atoms with E-state index in [1.807, 2.05) is 6.07 Å². The van der Waals surface area contributed by atoms with Gasteiger partial charge in [-0.05, 0) is 61.6 Å². The smallest absolute Gasteiger partial charge is 0.335 e. The fraction of sp³-hybridized carbons (Fsp3) is 0.310. The highest BCUT2D eigenvalue weighted by atomic mass is 16.3. The summed E-state index contributed by atoms with van der Waals surface area (Å²) in [4.78, 5) is 75.6. The average Bonchev–Trinajstić information content (AvgIpc) is 3.45. The van der Waals surface area contributed by atoms with Gasteiger partial charge in [-0.1, -0.05) is 18.2 Å². The van der Waals surface area contributed by atoms with Crippen molar-refractivity contribution in [2.75, 3.05) is 25.5 Å². The van der Waals surface area contributed by atoms with Gasteiger partial charge in [-0.25, -0.2) is 14.2 Å². The summed E-state index contributed by atoms with van der Waals surface area (Å²) >= 11 is 0. The third-order valence-electron chi connectivity index (χ3n) is 8.43. The van der Waals surface area contributed by atoms with Crippen molar-refractivity contribution in [3.63, 3.8) is 0 Å². The zero-order chi connectivity index (χ0) is 29.2. The minimum Gasteiger partial charge on any atom is -0.493 e. The molecule has 4 heterocycles. The number of para-hydroxylation sites is 1. The summed E-state index contributed by atoms with van der Waals surface area (Å²) in [5, 5.41) is 10.9. The van der Waals surface area contributed by atoms with E-state index in [0.29, 0.717) is 35.5 Å². The Kier molecular flexibility index (Phi) is 5.94. The Morgan fingerprint density at radius 1 is 1.00 bits per heavy atom. The van der Waals surface area contributed by atoms with E-state index < -0.39 is 40.4 Å². The van der Waals surface area contributed by atoms with Gasteiger partial charge >= 0.3 is 11.7 Å². The molecule has 4 amide bonds. The molecular weight excluding hydrogens is 528 g/mol. The van der Waals surface area contributed by atoms with Gasteiger partial charge in [-0.15, -0.1) is 0 Å². The molecule has 6 rings (SSSR count). The van der Waals surface area contributed by atoms with Crippen molar-refractivity contribution in [3.8, 4) is 11.6 Å². The summed E-state index contributed by atoms with van der Waals surface area (Å²) in [5.41, 5.74) is -0.1000. The number of fused-ring (bicyclic) bond motifs is 4. The predicted molar refractivity (Wildman–Crippen MR) is 150 cm³/mol. The molecule has 2 N–H and O–H groups in total. The zero-order valence-electron chi connectivity index (χ0n) is 22.7. The van der Waals surface area contributed by atoms with Crippen molar-refractivity contribution in [2.24, 2.45) is 10.4 Å². The van der Waals surface area contributed by atoms with E-state index in [2.05, 4.69) is 14.9 Å². The fourth-order valence-electron chi connectivity index (χ4n) is 6.42. The molecule has 41 heavy (non-hydrogen) atoms. The van der Waals surface area contributed by atoms with E-state index in [1.165, 1.54) is 20.3 Å². The number of nitrogens with one attached hydrogen (secondary N) is 1. The van der Waals surface area contributed by atoms with Crippen molar-refractivity contribution >= 4 is 35.4 Å². The van der Waals surface area contributed by atoms with E-state index in [0.717, 1.165) is 26.5 Å². The maximum absolute atomic E-state index is 13.6. The van der Waals surface area contributed by atoms with Crippen LogP contribution in [0.1, 0.15) is 29.5 Å². The molecule has 1 atom stereocenters. The number of imide groups is 2. The molecule has 210 valence electrons. The molecule has 1 aromatic heterocycles. The monoisotopic (exact) mass is 556 g/mol. The number of aryl methyl sites for hydroxylation is 1. The maximum Gasteiger partial charge on any atom is 0.335 e. The van der Waals surface area contributed by atoms with Crippen molar-refractivity contribution in [2.45, 2.75) is 32.2 Å². The van der Waals surface area contributed by atoms with Gasteiger partial charge in [-0.3, -0.25) is 34.2 Å². The number of hydrogen-bond acceptors (Lipinski definition) is 8. The predicted octanol–water partition coefficient (Wildman–Crippen LogP) is 1.85. The first-order valence-electron chi connectivity index (χ1n) is 13.2. The number of H-pyrrole nitrogens is 1. The van der Waals surface area contributed by atoms with Crippen LogP contribution in [0.15, 0.2) is 57.0 Å². The Labute approximate surface area is 234 Å². The maximum atomic E-state index is 13.6. The summed E-state index contributed by atoms with van der Waals surface area (Å²) in [6.45, 7) is 2.44. The van der Waals surface area contributed by atoms with Crippen LogP contribution in [0.5, 0.6) is 5.88 Å². The van der Waals surface area contributed by atoms with Gasteiger partial charge in [0.2, 0.25) is 17.7 Å². The summed E-state index contributed by atoms with van der Waals surface area (Å²) in [6.07, 6.45) is 2.71. The molecular formula is C29H28N6O6. The zero-order valence-corrected chi connectivity index (χ0v) is 22.7. The van der Waals surface area contributed by atoms with Crippen LogP contribution in [-0.4, -0.2) is 75.2 Å². The standard InChI is InChI=1S/C29H28N6O6/c1-16-7-4-5-8-20(16)35-24(37)19(23(36)31-27(35)40)15-30-18-10-11-21-17(13-18)14-29(22-9-6-12-34(21)22)25(38)32(2)28(41)33(3)26(29)39/h4-5,7-8,10-11,13,15,22,37H,6,9,12,14H2,1-3H3,(H,31,36,40). The lowest BCUT2D eigenvalue weighted by atomic mass is 9.68. The number of aromatic nitrogens is 2. The molecule has 0 bridgehead atoms. The first kappa shape index (κ1) is 26.2. The highest BCUT2D eigenvalue weighted by Gasteiger charge is 2.63. The first-order valence-corrected chi connectivity index (χ1v) is 13.2. The summed E-state index contributed by atoms with van der Waals surface area (Å²) in [7, 11) is 2.79. The molecule has 12 heteroatoms. The number of carbonyl (C=O) groups is 3. The second kappa shape index (κ2) is 9.29. The van der Waals surface area contributed by atoms with Gasteiger partial charge in [0.15, 0.2) is 5.41 Å². The Morgan fingerprint density at radius 2 is 1.71 bits per heavy atom. The summed E-state index contributed by atoms with van der Waals surface area (Å²) < 4.78 is 1.01. The molecule has 3 aliphatic heterocycles. The number of rotatable bonds is 3. The van der Waals surface area contributed by atoms with Crippen molar-refractivity contribution in [1.29, 1.82) is 0 Å². The SMILES string of the molecule is Cc1ccccc1-n1c(O)c(C=Nc2ccc3c(c2)CC2(C(=O)N(C)C(=O)N(C)C2=O)C2CCCN32)c(=O)[nH]c1=O. The average molecular weight is 557 g/mol. The van der Waals surface area contributed by atoms with Crippen LogP contribution in [0.4, 0.5) is 16.2 Å². The van der Waals surface area contributed by atoms with Gasteiger partial charge in [0, 0.05) is 32.5 Å². The quantitative estimate of drug-likeness (QED) is 0.370. The number of benzene rings is 2. The normalized spacial score (nSPS) is 19.8. The molecule has 1 unspecified atom stereocenters. The molecule has 2 aromatic carbocycles. The summed E-state index contributed by atoms with van der Waals surface area (Å²) in [6, 6.07) is 11.3. The fourth-order valence-corrected chi connectivity index (χ4v) is 6.42. The third-order valence-corrected chi connectivity index (χ3v) is 8.43. The number of barbiturate groups is 1. The number of aromatic hydroxyl groups is 1. The van der Waals surface area contributed by atoms with Crippen molar-refractivity contribution in [1.82, 2.24) is 19.4 Å². The van der Waals surface area contributed by atoms with Crippen LogP contribution >= 0.6 is 0 Å². The lowest BCUT2D eigenvalue weighted by Crippen LogP contribution is -2.70. The van der Waals surface area contributed by atoms with Crippen LogP contribution in [-0.2, 0) is 16.0 Å². The molecule has 12 nitrogen and oxygen atoms in total. The largest absolute Gasteiger partial charge is 0.493 e. The number of nitrogens with zero attached hydrogens (tertiary/aromatic N) is 5. The Bertz CT molecular complexity index is 1760. The molecule has 1 spiro atoms. The molecule has 2 saturated heterocycles. The number of urea groups is 1. The van der Waals surface area contributed by atoms with Gasteiger partial charge in [0.1, 0.15) is 5.56 Å². The number of aromatic amines is 1. The highest BCUT2D eigenvalue weighted by molar-refractivity contribution is 6.20. The van der Waals surface area contributed by atoms with Crippen molar-refractivity contribution < 1.29 is 19.5 Å². The second-order valence-corrected chi connectivity index (χ2v) is 10.7. The van der Waals surface area contributed by atoms with Gasteiger partial charge in [0.05, 0.1) is 17.4 Å². The van der Waals surface area contributed by atoms with E-state index in [1.54, 1.807) is 43.3 Å². The number of aliphatic imine (C=N–C) groups is 1. The lowest BCUT2D eigenvalue weighted by molar-refractivity contribution is -0.159.